The smallest absolute Gasteiger partial charge is 0.262 e. The van der Waals surface area contributed by atoms with Crippen LogP contribution in [0.2, 0.25) is 0 Å². The molecule has 1 heterocycles. The number of rotatable bonds is 5. The van der Waals surface area contributed by atoms with E-state index < -0.39 is 0 Å². The average Bonchev–Trinajstić information content (AvgIpc) is 3.52. The number of ether oxygens (including phenoxy) is 1. The lowest BCUT2D eigenvalue weighted by Gasteiger charge is -2.29. The molecule has 0 spiro atoms. The highest BCUT2D eigenvalue weighted by Gasteiger charge is 2.34. The average molecular weight is 364 g/mol. The summed E-state index contributed by atoms with van der Waals surface area (Å²) in [5.41, 5.74) is 4.26. The standard InChI is InChI=1S/C22H24N2O3/c1-15-2-8-20(9-3-15)27-14-21(25)23-19-7-6-16-10-11-24(13-18(16)12-19)22(26)17-4-5-17/h2-3,6-9,12,17H,4-5,10-11,13-14H2,1H3,(H,23,25). The lowest BCUT2D eigenvalue weighted by atomic mass is 9.98. The van der Waals surface area contributed by atoms with Crippen molar-refractivity contribution in [1.29, 1.82) is 0 Å². The van der Waals surface area contributed by atoms with Crippen LogP contribution in [-0.2, 0) is 22.6 Å². The number of nitrogens with one attached hydrogen (secondary N) is 1. The largest absolute Gasteiger partial charge is 0.484 e. The SMILES string of the molecule is Cc1ccc(OCC(=O)Nc2ccc3c(c2)CN(C(=O)C2CC2)CC3)cc1. The van der Waals surface area contributed by atoms with Crippen LogP contribution in [0.1, 0.15) is 29.5 Å². The first-order valence-corrected chi connectivity index (χ1v) is 9.48. The normalized spacial score (nSPS) is 15.8. The van der Waals surface area contributed by atoms with Crippen molar-refractivity contribution in [3.05, 3.63) is 59.2 Å². The maximum Gasteiger partial charge on any atom is 0.262 e. The van der Waals surface area contributed by atoms with Crippen molar-refractivity contribution >= 4 is 17.5 Å². The maximum absolute atomic E-state index is 12.3. The van der Waals surface area contributed by atoms with Crippen LogP contribution in [0.3, 0.4) is 0 Å². The number of carbonyl (C=O) groups excluding carboxylic acids is 2. The van der Waals surface area contributed by atoms with Crippen LogP contribution < -0.4 is 10.1 Å². The first kappa shape index (κ1) is 17.6. The van der Waals surface area contributed by atoms with E-state index in [0.29, 0.717) is 12.3 Å². The van der Waals surface area contributed by atoms with Crippen LogP contribution in [-0.4, -0.2) is 29.9 Å². The predicted molar refractivity (Wildman–Crippen MR) is 104 cm³/mol. The summed E-state index contributed by atoms with van der Waals surface area (Å²) in [7, 11) is 0. The number of benzene rings is 2. The number of amides is 2. The van der Waals surface area contributed by atoms with Crippen LogP contribution in [0.4, 0.5) is 5.69 Å². The van der Waals surface area contributed by atoms with Gasteiger partial charge in [-0.1, -0.05) is 23.8 Å². The minimum Gasteiger partial charge on any atom is -0.484 e. The van der Waals surface area contributed by atoms with Gasteiger partial charge in [-0.3, -0.25) is 9.59 Å². The molecule has 1 aliphatic heterocycles. The zero-order valence-corrected chi connectivity index (χ0v) is 15.5. The molecule has 0 unspecified atom stereocenters. The zero-order valence-electron chi connectivity index (χ0n) is 15.5. The van der Waals surface area contributed by atoms with Crippen molar-refractivity contribution in [1.82, 2.24) is 4.90 Å². The fourth-order valence-corrected chi connectivity index (χ4v) is 3.39. The fraction of sp³-hybridized carbons (Fsp3) is 0.364. The van der Waals surface area contributed by atoms with Crippen molar-refractivity contribution < 1.29 is 14.3 Å². The minimum absolute atomic E-state index is 0.0353. The summed E-state index contributed by atoms with van der Waals surface area (Å²) in [5.74, 6) is 1.00. The van der Waals surface area contributed by atoms with Crippen LogP contribution in [0.25, 0.3) is 0 Å². The summed E-state index contributed by atoms with van der Waals surface area (Å²) in [6, 6.07) is 13.5. The predicted octanol–water partition coefficient (Wildman–Crippen LogP) is 3.31. The molecule has 5 heteroatoms. The maximum atomic E-state index is 12.3. The molecule has 1 saturated carbocycles. The monoisotopic (exact) mass is 364 g/mol. The second-order valence-electron chi connectivity index (χ2n) is 7.42. The summed E-state index contributed by atoms with van der Waals surface area (Å²) in [6.07, 6.45) is 2.93. The molecular formula is C22H24N2O3. The Morgan fingerprint density at radius 3 is 2.63 bits per heavy atom. The van der Waals surface area contributed by atoms with E-state index in [2.05, 4.69) is 5.32 Å². The van der Waals surface area contributed by atoms with Crippen LogP contribution >= 0.6 is 0 Å². The van der Waals surface area contributed by atoms with Crippen molar-refractivity contribution in [3.63, 3.8) is 0 Å². The molecule has 2 aromatic carbocycles. The van der Waals surface area contributed by atoms with Crippen LogP contribution in [0.5, 0.6) is 5.75 Å². The highest BCUT2D eigenvalue weighted by atomic mass is 16.5. The number of nitrogens with zero attached hydrogens (tertiary/aromatic N) is 1. The third-order valence-corrected chi connectivity index (χ3v) is 5.13. The first-order chi connectivity index (χ1) is 13.1. The molecule has 0 atom stereocenters. The number of fused-ring (bicyclic) bond motifs is 1. The molecule has 2 aromatic rings. The van der Waals surface area contributed by atoms with Gasteiger partial charge >= 0.3 is 0 Å². The Labute approximate surface area is 159 Å². The number of hydrogen-bond acceptors (Lipinski definition) is 3. The lowest BCUT2D eigenvalue weighted by Crippen LogP contribution is -2.36. The molecule has 4 rings (SSSR count). The first-order valence-electron chi connectivity index (χ1n) is 9.48. The number of anilines is 1. The molecule has 5 nitrogen and oxygen atoms in total. The summed E-state index contributed by atoms with van der Waals surface area (Å²) >= 11 is 0. The number of carbonyl (C=O) groups is 2. The van der Waals surface area contributed by atoms with E-state index in [1.54, 1.807) is 0 Å². The summed E-state index contributed by atoms with van der Waals surface area (Å²) in [4.78, 5) is 26.5. The molecule has 27 heavy (non-hydrogen) atoms. The molecule has 140 valence electrons. The molecule has 1 aliphatic carbocycles. The Morgan fingerprint density at radius 1 is 1.11 bits per heavy atom. The Hall–Kier alpha value is -2.82. The fourth-order valence-electron chi connectivity index (χ4n) is 3.39. The Balaban J connectivity index is 1.35. The van der Waals surface area contributed by atoms with Crippen LogP contribution in [0.15, 0.2) is 42.5 Å². The quantitative estimate of drug-likeness (QED) is 0.886. The molecule has 2 amide bonds. The van der Waals surface area contributed by atoms with Crippen molar-refractivity contribution in [3.8, 4) is 5.75 Å². The van der Waals surface area contributed by atoms with Gasteiger partial charge in [0.05, 0.1) is 0 Å². The third kappa shape index (κ3) is 4.30. The van der Waals surface area contributed by atoms with Gasteiger partial charge in [-0.25, -0.2) is 0 Å². The molecular weight excluding hydrogens is 340 g/mol. The van der Waals surface area contributed by atoms with E-state index >= 15 is 0 Å². The molecule has 2 aliphatic rings. The Morgan fingerprint density at radius 2 is 1.89 bits per heavy atom. The topological polar surface area (TPSA) is 58.6 Å². The minimum atomic E-state index is -0.197. The van der Waals surface area contributed by atoms with Crippen molar-refractivity contribution in [2.45, 2.75) is 32.7 Å². The van der Waals surface area contributed by atoms with Gasteiger partial charge in [-0.2, -0.15) is 0 Å². The molecule has 0 bridgehead atoms. The van der Waals surface area contributed by atoms with Gasteiger partial charge in [0.15, 0.2) is 6.61 Å². The van der Waals surface area contributed by atoms with Gasteiger partial charge in [0.25, 0.3) is 5.91 Å². The number of hydrogen-bond donors (Lipinski definition) is 1. The van der Waals surface area contributed by atoms with E-state index in [-0.39, 0.29) is 24.3 Å². The lowest BCUT2D eigenvalue weighted by molar-refractivity contribution is -0.133. The second kappa shape index (κ2) is 7.43. The summed E-state index contributed by atoms with van der Waals surface area (Å²) in [6.45, 7) is 3.39. The third-order valence-electron chi connectivity index (χ3n) is 5.13. The zero-order chi connectivity index (χ0) is 18.8. The van der Waals surface area contributed by atoms with E-state index in [1.165, 1.54) is 5.56 Å². The van der Waals surface area contributed by atoms with Gasteiger partial charge in [0.2, 0.25) is 5.91 Å². The Kier molecular flexibility index (Phi) is 4.84. The van der Waals surface area contributed by atoms with E-state index in [4.69, 9.17) is 4.74 Å². The van der Waals surface area contributed by atoms with Gasteiger partial charge in [-0.15, -0.1) is 0 Å². The highest BCUT2D eigenvalue weighted by molar-refractivity contribution is 5.92. The molecule has 0 aromatic heterocycles. The van der Waals surface area contributed by atoms with Gasteiger partial charge in [0.1, 0.15) is 5.75 Å². The summed E-state index contributed by atoms with van der Waals surface area (Å²) in [5, 5.41) is 2.89. The van der Waals surface area contributed by atoms with Gasteiger partial charge in [-0.05, 0) is 61.6 Å². The molecule has 0 saturated heterocycles. The highest BCUT2D eigenvalue weighted by Crippen LogP contribution is 2.33. The van der Waals surface area contributed by atoms with E-state index in [0.717, 1.165) is 42.6 Å². The number of aryl methyl sites for hydroxylation is 1. The molecule has 0 radical (unpaired) electrons. The van der Waals surface area contributed by atoms with Crippen molar-refractivity contribution in [2.24, 2.45) is 5.92 Å². The Bertz CT molecular complexity index is 856. The van der Waals surface area contributed by atoms with E-state index in [9.17, 15) is 9.59 Å². The molecule has 1 N–H and O–H groups in total. The van der Waals surface area contributed by atoms with Crippen molar-refractivity contribution in [2.75, 3.05) is 18.5 Å². The van der Waals surface area contributed by atoms with Crippen LogP contribution in [0, 0.1) is 12.8 Å². The van der Waals surface area contributed by atoms with Gasteiger partial charge in [0, 0.05) is 24.7 Å². The van der Waals surface area contributed by atoms with E-state index in [1.807, 2.05) is 54.3 Å². The molecule has 1 fully saturated rings. The summed E-state index contributed by atoms with van der Waals surface area (Å²) < 4.78 is 5.52. The second-order valence-corrected chi connectivity index (χ2v) is 7.42. The van der Waals surface area contributed by atoms with Gasteiger partial charge < -0.3 is 15.0 Å².